The molecule has 2 unspecified atom stereocenters. The van der Waals surface area contributed by atoms with Gasteiger partial charge in [-0.25, -0.2) is 4.21 Å². The zero-order valence-corrected chi connectivity index (χ0v) is 10.4. The first-order chi connectivity index (χ1) is 6.90. The van der Waals surface area contributed by atoms with E-state index in [0.29, 0.717) is 6.54 Å². The average molecular weight is 258 g/mol. The lowest BCUT2D eigenvalue weighted by Gasteiger charge is -2.13. The maximum absolute atomic E-state index is 11.1. The Morgan fingerprint density at radius 2 is 2.13 bits per heavy atom. The van der Waals surface area contributed by atoms with Crippen LogP contribution in [0.4, 0.5) is 0 Å². The van der Waals surface area contributed by atoms with Crippen molar-refractivity contribution in [3.63, 3.8) is 0 Å². The summed E-state index contributed by atoms with van der Waals surface area (Å²) in [5.41, 5.74) is 0. The fourth-order valence-corrected chi connectivity index (χ4v) is 2.33. The lowest BCUT2D eigenvalue weighted by molar-refractivity contribution is 0.422. The van der Waals surface area contributed by atoms with Crippen LogP contribution in [0.25, 0.3) is 0 Å². The molecule has 0 heterocycles. The van der Waals surface area contributed by atoms with Crippen LogP contribution < -0.4 is 5.32 Å². The van der Waals surface area contributed by atoms with Crippen LogP contribution in [0.2, 0.25) is 0 Å². The van der Waals surface area contributed by atoms with Gasteiger partial charge in [-0.05, 0) is 19.9 Å². The molecule has 0 spiro atoms. The first kappa shape index (κ1) is 15.0. The normalized spacial score (nSPS) is 16.2. The highest BCUT2D eigenvalue weighted by atomic mass is 32.3. The van der Waals surface area contributed by atoms with Gasteiger partial charge in [-0.1, -0.05) is 13.3 Å². The lowest BCUT2D eigenvalue weighted by atomic mass is 10.3. The van der Waals surface area contributed by atoms with Crippen LogP contribution in [-0.4, -0.2) is 35.5 Å². The zero-order valence-electron chi connectivity index (χ0n) is 8.76. The Kier molecular flexibility index (Phi) is 7.28. The Morgan fingerprint density at radius 3 is 2.60 bits per heavy atom. The lowest BCUT2D eigenvalue weighted by Crippen LogP contribution is -2.33. The van der Waals surface area contributed by atoms with Crippen molar-refractivity contribution in [2.45, 2.75) is 31.9 Å². The van der Waals surface area contributed by atoms with E-state index in [1.807, 2.05) is 6.92 Å². The van der Waals surface area contributed by atoms with E-state index in [1.54, 1.807) is 0 Å². The molecule has 92 valence electrons. The Morgan fingerprint density at radius 1 is 1.53 bits per heavy atom. The van der Waals surface area contributed by atoms with Gasteiger partial charge in [0.15, 0.2) is 0 Å². The molecule has 0 aromatic heterocycles. The van der Waals surface area contributed by atoms with E-state index >= 15 is 0 Å². The van der Waals surface area contributed by atoms with Crippen molar-refractivity contribution >= 4 is 21.5 Å². The molecule has 0 rings (SSSR count). The highest BCUT2D eigenvalue weighted by molar-refractivity contribution is 7.95. The van der Waals surface area contributed by atoms with Gasteiger partial charge in [-0.2, -0.15) is 12.0 Å². The molecular weight excluding hydrogens is 242 g/mol. The van der Waals surface area contributed by atoms with Gasteiger partial charge in [-0.3, -0.25) is 0 Å². The smallest absolute Gasteiger partial charge is 0.283 e. The van der Waals surface area contributed by atoms with E-state index in [4.69, 9.17) is 0 Å². The number of rotatable bonds is 8. The van der Waals surface area contributed by atoms with Crippen molar-refractivity contribution < 1.29 is 20.8 Å². The second kappa shape index (κ2) is 7.29. The maximum atomic E-state index is 11.1. The number of hydrogen-bond acceptors (Lipinski definition) is 6. The van der Waals surface area contributed by atoms with Gasteiger partial charge in [0.25, 0.3) is 10.1 Å². The van der Waals surface area contributed by atoms with Crippen LogP contribution in [0, 0.1) is 0 Å². The third-order valence-corrected chi connectivity index (χ3v) is 4.14. The van der Waals surface area contributed by atoms with E-state index in [1.165, 1.54) is 6.92 Å². The minimum Gasteiger partial charge on any atom is -0.749 e. The molecule has 0 aliphatic heterocycles. The molecule has 8 heteroatoms. The summed E-state index contributed by atoms with van der Waals surface area (Å²) in [5, 5.41) is 2.02. The van der Waals surface area contributed by atoms with Gasteiger partial charge in [0, 0.05) is 6.54 Å². The molecule has 0 bridgehead atoms. The van der Waals surface area contributed by atoms with E-state index in [2.05, 4.69) is 8.95 Å². The molecule has 0 fully saturated rings. The first-order valence-corrected chi connectivity index (χ1v) is 7.11. The molecule has 2 atom stereocenters. The van der Waals surface area contributed by atoms with Crippen LogP contribution in [0.1, 0.15) is 26.7 Å². The summed E-state index contributed by atoms with van der Waals surface area (Å²) in [6, 6.07) is 0. The van der Waals surface area contributed by atoms with Crippen LogP contribution in [0.15, 0.2) is 0 Å². The highest BCUT2D eigenvalue weighted by Crippen LogP contribution is 2.04. The Labute approximate surface area is 93.0 Å². The zero-order chi connectivity index (χ0) is 11.9. The molecular formula is C7H16NO5S2-. The van der Waals surface area contributed by atoms with Gasteiger partial charge in [0.2, 0.25) is 0 Å². The number of unbranched alkanes of at least 4 members (excludes halogenated alkanes) is 1. The number of hydrogen-bond donors (Lipinski definition) is 1. The minimum absolute atomic E-state index is 0.180. The van der Waals surface area contributed by atoms with Gasteiger partial charge < -0.3 is 9.87 Å². The van der Waals surface area contributed by atoms with Gasteiger partial charge >= 0.3 is 0 Å². The maximum Gasteiger partial charge on any atom is 0.283 e. The molecule has 0 amide bonds. The third-order valence-electron chi connectivity index (χ3n) is 1.78. The second-order valence-corrected chi connectivity index (χ2v) is 5.88. The summed E-state index contributed by atoms with van der Waals surface area (Å²) in [7, 11) is -4.02. The Hall–Kier alpha value is -0.0200. The van der Waals surface area contributed by atoms with E-state index in [9.17, 15) is 17.2 Å². The Balaban J connectivity index is 3.97. The van der Waals surface area contributed by atoms with Crippen LogP contribution >= 0.6 is 0 Å². The molecule has 0 saturated carbocycles. The Bertz CT molecular complexity index is 290. The summed E-state index contributed by atoms with van der Waals surface area (Å²) in [5.74, 6) is 0. The van der Waals surface area contributed by atoms with Crippen molar-refractivity contribution in [3.8, 4) is 0 Å². The molecule has 0 aliphatic rings. The van der Waals surface area contributed by atoms with Gasteiger partial charge in [0.05, 0.1) is 5.25 Å². The van der Waals surface area contributed by atoms with Crippen molar-refractivity contribution in [2.24, 2.45) is 0 Å². The summed E-state index contributed by atoms with van der Waals surface area (Å²) in [6.07, 6.45) is 1.95. The summed E-state index contributed by atoms with van der Waals surface area (Å²) in [6.45, 7) is 4.29. The topological polar surface area (TPSA) is 95.5 Å². The largest absolute Gasteiger partial charge is 0.749 e. The van der Waals surface area contributed by atoms with Crippen molar-refractivity contribution in [1.82, 2.24) is 5.32 Å². The molecule has 0 radical (unpaired) electrons. The molecule has 1 N–H and O–H groups in total. The summed E-state index contributed by atoms with van der Waals surface area (Å²) in [4.78, 5) is 0. The fourth-order valence-electron chi connectivity index (χ4n) is 0.854. The monoisotopic (exact) mass is 258 g/mol. The average Bonchev–Trinajstić information content (AvgIpc) is 2.10. The van der Waals surface area contributed by atoms with Crippen molar-refractivity contribution in [3.05, 3.63) is 0 Å². The highest BCUT2D eigenvalue weighted by Gasteiger charge is 2.21. The van der Waals surface area contributed by atoms with Gasteiger partial charge in [0.1, 0.15) is 11.4 Å². The van der Waals surface area contributed by atoms with Crippen LogP contribution in [-0.2, 0) is 25.1 Å². The molecule has 0 aromatic carbocycles. The molecule has 0 aromatic rings. The van der Waals surface area contributed by atoms with Crippen molar-refractivity contribution in [1.29, 1.82) is 0 Å². The molecule has 0 saturated heterocycles. The molecule has 0 aliphatic carbocycles. The van der Waals surface area contributed by atoms with Crippen molar-refractivity contribution in [2.75, 3.05) is 13.1 Å². The van der Waals surface area contributed by atoms with E-state index in [0.717, 1.165) is 12.8 Å². The fraction of sp³-hybridized carbons (Fsp3) is 1.00. The van der Waals surface area contributed by atoms with Gasteiger partial charge in [-0.15, -0.1) is 0 Å². The molecule has 15 heavy (non-hydrogen) atoms. The second-order valence-electron chi connectivity index (χ2n) is 3.13. The van der Waals surface area contributed by atoms with E-state index < -0.39 is 26.7 Å². The molecule has 6 nitrogen and oxygen atoms in total. The minimum atomic E-state index is -4.02. The third kappa shape index (κ3) is 6.96. The van der Waals surface area contributed by atoms with Crippen LogP contribution in [0.3, 0.4) is 0 Å². The van der Waals surface area contributed by atoms with Crippen LogP contribution in [0.5, 0.6) is 0 Å². The SMILES string of the molecule is CCCCNCC(C)S(=O)(=O)OS(=O)[O-]. The summed E-state index contributed by atoms with van der Waals surface area (Å²) >= 11 is -3.03. The standard InChI is InChI=1S/C7H17NO5S2/c1-3-4-5-8-6-7(2)15(11,12)13-14(9)10/h7-8H,3-6H2,1-2H3,(H,9,10)/p-1. The first-order valence-electron chi connectivity index (χ1n) is 4.64. The quantitative estimate of drug-likeness (QED) is 0.482. The number of nitrogens with one attached hydrogen (secondary N) is 1. The van der Waals surface area contributed by atoms with E-state index in [-0.39, 0.29) is 6.54 Å². The predicted molar refractivity (Wildman–Crippen MR) is 56.2 cm³/mol. The predicted octanol–water partition coefficient (Wildman–Crippen LogP) is -0.0949. The summed E-state index contributed by atoms with van der Waals surface area (Å²) < 4.78 is 46.3.